The van der Waals surface area contributed by atoms with E-state index in [1.807, 2.05) is 0 Å². The molecule has 3 heteroatoms. The monoisotopic (exact) mass is 158 g/mol. The highest BCUT2D eigenvalue weighted by atomic mass is 16.1. The summed E-state index contributed by atoms with van der Waals surface area (Å²) in [5.41, 5.74) is 5.27. The van der Waals surface area contributed by atoms with Crippen molar-refractivity contribution in [1.29, 1.82) is 0 Å². The Morgan fingerprint density at radius 3 is 2.64 bits per heavy atom. The summed E-state index contributed by atoms with van der Waals surface area (Å²) in [5.74, 6) is 0.281. The molecule has 0 saturated heterocycles. The van der Waals surface area contributed by atoms with Crippen LogP contribution in [0.5, 0.6) is 0 Å². The fourth-order valence-corrected chi connectivity index (χ4v) is 0.851. The number of nitrogens with two attached hydrogens (primary N) is 1. The Bertz CT molecular complexity index is 104. The molecule has 0 rings (SSSR count). The molecule has 0 aromatic carbocycles. The highest BCUT2D eigenvalue weighted by Gasteiger charge is 1.92. The number of carbonyl (C=O) groups is 1. The van der Waals surface area contributed by atoms with Gasteiger partial charge in [-0.25, -0.2) is 0 Å². The number of hydrogen-bond acceptors (Lipinski definition) is 3. The first-order valence-corrected chi connectivity index (χ1v) is 4.17. The van der Waals surface area contributed by atoms with Gasteiger partial charge in [0.15, 0.2) is 0 Å². The van der Waals surface area contributed by atoms with E-state index in [1.165, 1.54) is 0 Å². The van der Waals surface area contributed by atoms with Crippen molar-refractivity contribution < 1.29 is 4.79 Å². The van der Waals surface area contributed by atoms with Crippen LogP contribution >= 0.6 is 0 Å². The molecule has 0 heterocycles. The summed E-state index contributed by atoms with van der Waals surface area (Å²) < 4.78 is 0. The zero-order valence-corrected chi connectivity index (χ0v) is 7.23. The molecule has 0 saturated carbocycles. The van der Waals surface area contributed by atoms with Crippen molar-refractivity contribution in [3.05, 3.63) is 0 Å². The summed E-state index contributed by atoms with van der Waals surface area (Å²) in [5, 5.41) is 3.17. The lowest BCUT2D eigenvalue weighted by Crippen LogP contribution is -2.23. The molecular formula is C8H18N2O. The molecule has 0 atom stereocenters. The van der Waals surface area contributed by atoms with Crippen LogP contribution in [-0.2, 0) is 4.79 Å². The third kappa shape index (κ3) is 9.59. The average Bonchev–Trinajstić information content (AvgIpc) is 1.96. The van der Waals surface area contributed by atoms with Gasteiger partial charge in [0.25, 0.3) is 0 Å². The third-order valence-electron chi connectivity index (χ3n) is 1.45. The van der Waals surface area contributed by atoms with Gasteiger partial charge in [-0.05, 0) is 26.3 Å². The summed E-state index contributed by atoms with van der Waals surface area (Å²) in [4.78, 5) is 10.5. The quantitative estimate of drug-likeness (QED) is 0.524. The molecule has 0 aliphatic heterocycles. The maximum absolute atomic E-state index is 10.5. The van der Waals surface area contributed by atoms with Crippen molar-refractivity contribution in [1.82, 2.24) is 5.32 Å². The molecule has 0 fully saturated rings. The van der Waals surface area contributed by atoms with E-state index in [2.05, 4.69) is 5.32 Å². The van der Waals surface area contributed by atoms with Crippen molar-refractivity contribution in [2.45, 2.75) is 26.2 Å². The maximum atomic E-state index is 10.5. The van der Waals surface area contributed by atoms with Crippen molar-refractivity contribution in [2.75, 3.05) is 19.6 Å². The average molecular weight is 158 g/mol. The number of hydrogen-bond donors (Lipinski definition) is 2. The van der Waals surface area contributed by atoms with Gasteiger partial charge >= 0.3 is 0 Å². The molecule has 0 aromatic rings. The van der Waals surface area contributed by atoms with Crippen LogP contribution in [0.25, 0.3) is 0 Å². The molecule has 0 aliphatic carbocycles. The van der Waals surface area contributed by atoms with Crippen molar-refractivity contribution in [2.24, 2.45) is 5.73 Å². The highest BCUT2D eigenvalue weighted by molar-refractivity contribution is 5.75. The number of ketones is 1. The van der Waals surface area contributed by atoms with Gasteiger partial charge < -0.3 is 15.8 Å². The predicted molar refractivity (Wildman–Crippen MR) is 46.5 cm³/mol. The first-order chi connectivity index (χ1) is 5.27. The minimum absolute atomic E-state index is 0.281. The van der Waals surface area contributed by atoms with E-state index in [1.54, 1.807) is 6.92 Å². The molecule has 0 amide bonds. The lowest BCUT2D eigenvalue weighted by atomic mass is 10.2. The Kier molecular flexibility index (Phi) is 7.41. The maximum Gasteiger partial charge on any atom is 0.129 e. The normalized spacial score (nSPS) is 10.0. The van der Waals surface area contributed by atoms with Crippen LogP contribution < -0.4 is 11.1 Å². The van der Waals surface area contributed by atoms with Gasteiger partial charge in [-0.2, -0.15) is 0 Å². The van der Waals surface area contributed by atoms with E-state index < -0.39 is 0 Å². The summed E-state index contributed by atoms with van der Waals surface area (Å²) in [6.45, 7) is 4.17. The lowest BCUT2D eigenvalue weighted by molar-refractivity contribution is -0.117. The fourth-order valence-electron chi connectivity index (χ4n) is 0.851. The zero-order chi connectivity index (χ0) is 8.53. The largest absolute Gasteiger partial charge is 0.329 e. The second-order valence-electron chi connectivity index (χ2n) is 2.70. The first-order valence-electron chi connectivity index (χ1n) is 4.17. The molecule has 11 heavy (non-hydrogen) atoms. The molecule has 0 radical (unpaired) electrons. The standard InChI is InChI=1S/C8H18N2O/c1-8(11)4-2-3-6-10-7-5-9/h10H,2-7,9H2,1H3. The third-order valence-corrected chi connectivity index (χ3v) is 1.45. The number of carbonyl (C=O) groups excluding carboxylic acids is 1. The number of Topliss-reactive ketones (excluding diaryl/α,β-unsaturated/α-hetero) is 1. The fraction of sp³-hybridized carbons (Fsp3) is 0.875. The molecular weight excluding hydrogens is 140 g/mol. The van der Waals surface area contributed by atoms with E-state index in [0.29, 0.717) is 13.0 Å². The lowest BCUT2D eigenvalue weighted by Gasteiger charge is -2.00. The van der Waals surface area contributed by atoms with Crippen molar-refractivity contribution in [3.63, 3.8) is 0 Å². The summed E-state index contributed by atoms with van der Waals surface area (Å²) in [6, 6.07) is 0. The van der Waals surface area contributed by atoms with Crippen LogP contribution in [0, 0.1) is 0 Å². The summed E-state index contributed by atoms with van der Waals surface area (Å²) >= 11 is 0. The predicted octanol–water partition coefficient (Wildman–Crippen LogP) is 0.294. The van der Waals surface area contributed by atoms with Crippen LogP contribution in [0.15, 0.2) is 0 Å². The van der Waals surface area contributed by atoms with Gasteiger partial charge in [-0.15, -0.1) is 0 Å². The van der Waals surface area contributed by atoms with E-state index in [4.69, 9.17) is 5.73 Å². The first kappa shape index (κ1) is 10.6. The second-order valence-corrected chi connectivity index (χ2v) is 2.70. The molecule has 3 nitrogen and oxygen atoms in total. The van der Waals surface area contributed by atoms with E-state index in [9.17, 15) is 4.79 Å². The zero-order valence-electron chi connectivity index (χ0n) is 7.23. The number of unbranched alkanes of at least 4 members (excludes halogenated alkanes) is 1. The number of nitrogens with one attached hydrogen (secondary N) is 1. The minimum Gasteiger partial charge on any atom is -0.329 e. The Hall–Kier alpha value is -0.410. The van der Waals surface area contributed by atoms with Gasteiger partial charge in [-0.1, -0.05) is 0 Å². The van der Waals surface area contributed by atoms with Gasteiger partial charge in [0, 0.05) is 19.5 Å². The van der Waals surface area contributed by atoms with Gasteiger partial charge in [-0.3, -0.25) is 0 Å². The molecule has 0 spiro atoms. The van der Waals surface area contributed by atoms with Gasteiger partial charge in [0.05, 0.1) is 0 Å². The smallest absolute Gasteiger partial charge is 0.129 e. The molecule has 66 valence electrons. The van der Waals surface area contributed by atoms with Crippen molar-refractivity contribution >= 4 is 5.78 Å². The highest BCUT2D eigenvalue weighted by Crippen LogP contribution is 1.93. The van der Waals surface area contributed by atoms with Crippen LogP contribution in [0.4, 0.5) is 0 Å². The van der Waals surface area contributed by atoms with Crippen molar-refractivity contribution in [3.8, 4) is 0 Å². The Labute approximate surface area is 68.3 Å². The Morgan fingerprint density at radius 1 is 1.36 bits per heavy atom. The second kappa shape index (κ2) is 7.69. The van der Waals surface area contributed by atoms with Gasteiger partial charge in [0.2, 0.25) is 0 Å². The van der Waals surface area contributed by atoms with Gasteiger partial charge in [0.1, 0.15) is 5.78 Å². The number of rotatable bonds is 7. The summed E-state index contributed by atoms with van der Waals surface area (Å²) in [6.07, 6.45) is 2.77. The Morgan fingerprint density at radius 2 is 2.09 bits per heavy atom. The van der Waals surface area contributed by atoms with Crippen LogP contribution in [0.1, 0.15) is 26.2 Å². The topological polar surface area (TPSA) is 55.1 Å². The van der Waals surface area contributed by atoms with Crippen LogP contribution in [-0.4, -0.2) is 25.4 Å². The minimum atomic E-state index is 0.281. The molecule has 3 N–H and O–H groups in total. The molecule has 0 bridgehead atoms. The van der Waals surface area contributed by atoms with Crippen LogP contribution in [0.2, 0.25) is 0 Å². The molecule has 0 aromatic heterocycles. The van der Waals surface area contributed by atoms with E-state index >= 15 is 0 Å². The van der Waals surface area contributed by atoms with Crippen LogP contribution in [0.3, 0.4) is 0 Å². The molecule has 0 aliphatic rings. The Balaban J connectivity index is 2.85. The summed E-state index contributed by atoms with van der Waals surface area (Å²) in [7, 11) is 0. The SMILES string of the molecule is CC(=O)CCCCNCCN. The van der Waals surface area contributed by atoms with E-state index in [0.717, 1.165) is 25.9 Å². The van der Waals surface area contributed by atoms with E-state index in [-0.39, 0.29) is 5.78 Å². The molecule has 0 unspecified atom stereocenters.